The zero-order chi connectivity index (χ0) is 13.4. The summed E-state index contributed by atoms with van der Waals surface area (Å²) in [4.78, 5) is 0. The van der Waals surface area contributed by atoms with Gasteiger partial charge in [0, 0.05) is 11.8 Å². The van der Waals surface area contributed by atoms with Crippen LogP contribution in [0.25, 0.3) is 0 Å². The minimum Gasteiger partial charge on any atom is -0.404 e. The monoisotopic (exact) mass is 273 g/mol. The second kappa shape index (κ2) is 7.52. The van der Waals surface area contributed by atoms with Crippen molar-refractivity contribution in [1.29, 1.82) is 0 Å². The van der Waals surface area contributed by atoms with Crippen LogP contribution in [0.2, 0.25) is 0 Å². The second-order valence-corrected chi connectivity index (χ2v) is 3.81. The molecule has 7 nitrogen and oxygen atoms in total. The number of rotatable bonds is 4. The summed E-state index contributed by atoms with van der Waals surface area (Å²) in [5.41, 5.74) is 22.6. The highest BCUT2D eigenvalue weighted by Crippen LogP contribution is 1.99. The van der Waals surface area contributed by atoms with Gasteiger partial charge in [-0.2, -0.15) is 10.2 Å². The highest BCUT2D eigenvalue weighted by Gasteiger charge is 2.06. The Labute approximate surface area is 110 Å². The van der Waals surface area contributed by atoms with Crippen LogP contribution in [0.1, 0.15) is 13.8 Å². The molecule has 0 atom stereocenters. The van der Waals surface area contributed by atoms with Gasteiger partial charge in [-0.25, -0.2) is 0 Å². The molecule has 0 radical (unpaired) electrons. The quantitative estimate of drug-likeness (QED) is 0.259. The molecule has 94 valence electrons. The zero-order valence-electron chi connectivity index (χ0n) is 9.52. The Morgan fingerprint density at radius 2 is 1.35 bits per heavy atom. The van der Waals surface area contributed by atoms with Crippen molar-refractivity contribution in [3.8, 4) is 0 Å². The van der Waals surface area contributed by atoms with Crippen LogP contribution in [-0.2, 0) is 0 Å². The van der Waals surface area contributed by atoms with Crippen molar-refractivity contribution in [3.05, 3.63) is 11.8 Å². The van der Waals surface area contributed by atoms with Gasteiger partial charge in [0.25, 0.3) is 0 Å². The van der Waals surface area contributed by atoms with Crippen LogP contribution in [0, 0.1) is 0 Å². The molecule has 0 unspecified atom stereocenters. The van der Waals surface area contributed by atoms with Gasteiger partial charge < -0.3 is 17.2 Å². The van der Waals surface area contributed by atoms with Crippen molar-refractivity contribution in [2.24, 2.45) is 27.4 Å². The van der Waals surface area contributed by atoms with Gasteiger partial charge in [0.2, 0.25) is 0 Å². The molecule has 0 aromatic carbocycles. The topological polar surface area (TPSA) is 127 Å². The molecule has 17 heavy (non-hydrogen) atoms. The Morgan fingerprint density at radius 3 is 1.59 bits per heavy atom. The molecule has 0 aromatic heterocycles. The number of nitrogens with zero attached hydrogens (tertiary/aromatic N) is 2. The molecule has 0 rings (SSSR count). The van der Waals surface area contributed by atoms with Crippen LogP contribution in [0.4, 0.5) is 0 Å². The van der Waals surface area contributed by atoms with Crippen molar-refractivity contribution < 1.29 is 0 Å². The number of hydrazone groups is 2. The van der Waals surface area contributed by atoms with Gasteiger partial charge in [0.15, 0.2) is 10.2 Å². The molecule has 0 heterocycles. The van der Waals surface area contributed by atoms with Gasteiger partial charge in [-0.05, 0) is 38.3 Å². The third kappa shape index (κ3) is 6.43. The summed E-state index contributed by atoms with van der Waals surface area (Å²) >= 11 is 9.24. The molecule has 0 amide bonds. The fraction of sp³-hybridized carbons (Fsp3) is 0.250. The van der Waals surface area contributed by atoms with Crippen molar-refractivity contribution in [3.63, 3.8) is 0 Å². The van der Waals surface area contributed by atoms with Crippen molar-refractivity contribution in [2.45, 2.75) is 13.8 Å². The first-order valence-corrected chi connectivity index (χ1v) is 5.32. The maximum absolute atomic E-state index is 5.48. The summed E-state index contributed by atoms with van der Waals surface area (Å²) in [5.74, 6) is 0. The van der Waals surface area contributed by atoms with E-state index in [0.717, 1.165) is 0 Å². The first kappa shape index (κ1) is 15.3. The summed E-state index contributed by atoms with van der Waals surface area (Å²) in [5, 5.41) is 7.98. The SMILES string of the molecule is C/C(=N\NC(N)=S)C(=CN)/C(C)=N/NC(N)=S. The van der Waals surface area contributed by atoms with Crippen LogP contribution < -0.4 is 28.1 Å². The average Bonchev–Trinajstić information content (AvgIpc) is 2.24. The number of thiocarbonyl (C=S) groups is 2. The molecule has 0 aliphatic heterocycles. The van der Waals surface area contributed by atoms with Crippen LogP contribution in [0.5, 0.6) is 0 Å². The third-order valence-corrected chi connectivity index (χ3v) is 1.80. The number of nitrogens with one attached hydrogen (secondary N) is 2. The Balaban J connectivity index is 4.85. The predicted molar refractivity (Wildman–Crippen MR) is 78.3 cm³/mol. The Hall–Kier alpha value is -1.74. The normalized spacial score (nSPS) is 11.6. The van der Waals surface area contributed by atoms with Crippen molar-refractivity contribution in [1.82, 2.24) is 10.9 Å². The molecule has 0 spiro atoms. The average molecular weight is 273 g/mol. The first-order valence-electron chi connectivity index (χ1n) is 4.50. The lowest BCUT2D eigenvalue weighted by Crippen LogP contribution is -2.27. The molecule has 0 bridgehead atoms. The molecule has 0 saturated heterocycles. The van der Waals surface area contributed by atoms with Gasteiger partial charge in [-0.3, -0.25) is 10.9 Å². The van der Waals surface area contributed by atoms with Gasteiger partial charge in [0.05, 0.1) is 11.4 Å². The predicted octanol–water partition coefficient (Wildman–Crippen LogP) is -0.753. The van der Waals surface area contributed by atoms with Crippen LogP contribution in [0.15, 0.2) is 22.0 Å². The highest BCUT2D eigenvalue weighted by molar-refractivity contribution is 7.80. The maximum Gasteiger partial charge on any atom is 0.184 e. The third-order valence-electron chi connectivity index (χ3n) is 1.61. The maximum atomic E-state index is 5.48. The number of hydrogen-bond acceptors (Lipinski definition) is 5. The lowest BCUT2D eigenvalue weighted by molar-refractivity contribution is 1.02. The molecule has 8 N–H and O–H groups in total. The molecule has 0 aliphatic rings. The highest BCUT2D eigenvalue weighted by atomic mass is 32.1. The Kier molecular flexibility index (Phi) is 6.75. The molecule has 0 aromatic rings. The number of allylic oxidation sites excluding steroid dienone is 1. The minimum absolute atomic E-state index is 0.0663. The van der Waals surface area contributed by atoms with E-state index in [-0.39, 0.29) is 10.2 Å². The lowest BCUT2D eigenvalue weighted by Gasteiger charge is -2.06. The van der Waals surface area contributed by atoms with Crippen molar-refractivity contribution >= 4 is 46.1 Å². The van der Waals surface area contributed by atoms with Gasteiger partial charge in [-0.1, -0.05) is 0 Å². The van der Waals surface area contributed by atoms with Gasteiger partial charge >= 0.3 is 0 Å². The number of nitrogens with two attached hydrogens (primary N) is 3. The smallest absolute Gasteiger partial charge is 0.184 e. The molecule has 0 saturated carbocycles. The van der Waals surface area contributed by atoms with Crippen molar-refractivity contribution in [2.75, 3.05) is 0 Å². The van der Waals surface area contributed by atoms with E-state index in [1.165, 1.54) is 6.20 Å². The molecule has 0 fully saturated rings. The van der Waals surface area contributed by atoms with E-state index in [1.54, 1.807) is 13.8 Å². The van der Waals surface area contributed by atoms with E-state index < -0.39 is 0 Å². The zero-order valence-corrected chi connectivity index (χ0v) is 11.2. The summed E-state index contributed by atoms with van der Waals surface area (Å²) in [6, 6.07) is 0. The minimum atomic E-state index is 0.0663. The van der Waals surface area contributed by atoms with Crippen LogP contribution >= 0.6 is 24.4 Å². The van der Waals surface area contributed by atoms with E-state index in [0.29, 0.717) is 17.0 Å². The molecular formula is C8H15N7S2. The first-order chi connectivity index (χ1) is 7.88. The fourth-order valence-electron chi connectivity index (χ4n) is 0.901. The van der Waals surface area contributed by atoms with Crippen LogP contribution in [-0.4, -0.2) is 21.6 Å². The lowest BCUT2D eigenvalue weighted by atomic mass is 10.1. The Morgan fingerprint density at radius 1 is 1.00 bits per heavy atom. The summed E-state index contributed by atoms with van der Waals surface area (Å²) in [7, 11) is 0. The van der Waals surface area contributed by atoms with E-state index in [4.69, 9.17) is 17.2 Å². The Bertz CT molecular complexity index is 363. The van der Waals surface area contributed by atoms with Crippen LogP contribution in [0.3, 0.4) is 0 Å². The van der Waals surface area contributed by atoms with Gasteiger partial charge in [0.1, 0.15) is 0 Å². The summed E-state index contributed by atoms with van der Waals surface area (Å²) < 4.78 is 0. The van der Waals surface area contributed by atoms with Gasteiger partial charge in [-0.15, -0.1) is 0 Å². The standard InChI is InChI=1S/C8H15N7S2/c1-4(12-14-7(10)16)6(3-9)5(2)13-15-8(11)17/h3H,9H2,1-2H3,(H3,10,14,16)(H3,11,15,17)/b12-4+,13-5+. The van der Waals surface area contributed by atoms with E-state index in [1.807, 2.05) is 0 Å². The largest absolute Gasteiger partial charge is 0.404 e. The molecular weight excluding hydrogens is 258 g/mol. The van der Waals surface area contributed by atoms with E-state index in [2.05, 4.69) is 45.5 Å². The van der Waals surface area contributed by atoms with E-state index in [9.17, 15) is 0 Å². The van der Waals surface area contributed by atoms with E-state index >= 15 is 0 Å². The summed E-state index contributed by atoms with van der Waals surface area (Å²) in [6.07, 6.45) is 1.36. The summed E-state index contributed by atoms with van der Waals surface area (Å²) in [6.45, 7) is 3.45. The fourth-order valence-corrected chi connectivity index (χ4v) is 0.993. The molecule has 9 heteroatoms. The molecule has 0 aliphatic carbocycles. The number of hydrogen-bond donors (Lipinski definition) is 5. The second-order valence-electron chi connectivity index (χ2n) is 2.93.